The number of fused-ring (bicyclic) bond motifs is 1. The molecule has 1 saturated carbocycles. The molecule has 0 aliphatic heterocycles. The van der Waals surface area contributed by atoms with Gasteiger partial charge in [0.1, 0.15) is 5.75 Å². The van der Waals surface area contributed by atoms with Crippen molar-refractivity contribution in [2.24, 2.45) is 11.8 Å². The molecule has 23 heavy (non-hydrogen) atoms. The van der Waals surface area contributed by atoms with Crippen molar-refractivity contribution in [3.63, 3.8) is 0 Å². The monoisotopic (exact) mass is 312 g/mol. The predicted molar refractivity (Wildman–Crippen MR) is 95.8 cm³/mol. The van der Waals surface area contributed by atoms with Crippen molar-refractivity contribution in [3.8, 4) is 5.75 Å². The number of hydrogen-bond donors (Lipinski definition) is 1. The van der Waals surface area contributed by atoms with Crippen molar-refractivity contribution in [3.05, 3.63) is 36.7 Å². The van der Waals surface area contributed by atoms with E-state index in [9.17, 15) is 0 Å². The van der Waals surface area contributed by atoms with Gasteiger partial charge in [0.25, 0.3) is 0 Å². The van der Waals surface area contributed by atoms with Gasteiger partial charge in [-0.15, -0.1) is 0 Å². The summed E-state index contributed by atoms with van der Waals surface area (Å²) in [6.45, 7) is 6.81. The van der Waals surface area contributed by atoms with Crippen LogP contribution in [0.3, 0.4) is 0 Å². The lowest BCUT2D eigenvalue weighted by Crippen LogP contribution is -2.31. The smallest absolute Gasteiger partial charge is 0.120 e. The number of rotatable bonds is 6. The third kappa shape index (κ3) is 4.68. The first kappa shape index (κ1) is 16.3. The minimum atomic E-state index is 0.371. The molecule has 1 fully saturated rings. The molecule has 1 heterocycles. The van der Waals surface area contributed by atoms with Crippen LogP contribution in [0, 0.1) is 11.8 Å². The zero-order chi connectivity index (χ0) is 16.1. The molecule has 1 aromatic carbocycles. The molecule has 1 N–H and O–H groups in total. The third-order valence-corrected chi connectivity index (χ3v) is 4.69. The highest BCUT2D eigenvalue weighted by atomic mass is 16.5. The Labute approximate surface area is 139 Å². The van der Waals surface area contributed by atoms with E-state index in [1.807, 2.05) is 18.5 Å². The van der Waals surface area contributed by atoms with E-state index in [1.54, 1.807) is 0 Å². The molecule has 124 valence electrons. The van der Waals surface area contributed by atoms with Crippen LogP contribution in [0.5, 0.6) is 5.75 Å². The average Bonchev–Trinajstić information content (AvgIpc) is 2.56. The van der Waals surface area contributed by atoms with Crippen LogP contribution in [0.15, 0.2) is 36.7 Å². The lowest BCUT2D eigenvalue weighted by Gasteiger charge is -2.29. The van der Waals surface area contributed by atoms with Crippen molar-refractivity contribution in [2.45, 2.75) is 45.6 Å². The lowest BCUT2D eigenvalue weighted by molar-refractivity contribution is 0.130. The van der Waals surface area contributed by atoms with Crippen molar-refractivity contribution in [1.82, 2.24) is 10.3 Å². The molecule has 0 unspecified atom stereocenters. The predicted octanol–water partition coefficient (Wildman–Crippen LogP) is 4.42. The molecule has 1 aliphatic carbocycles. The molecule has 3 heteroatoms. The van der Waals surface area contributed by atoms with E-state index in [-0.39, 0.29) is 0 Å². The summed E-state index contributed by atoms with van der Waals surface area (Å²) in [7, 11) is 0. The molecular weight excluding hydrogens is 284 g/mol. The normalized spacial score (nSPS) is 21.7. The Kier molecular flexibility index (Phi) is 5.50. The van der Waals surface area contributed by atoms with Crippen molar-refractivity contribution in [1.29, 1.82) is 0 Å². The maximum absolute atomic E-state index is 6.21. The van der Waals surface area contributed by atoms with Gasteiger partial charge in [-0.3, -0.25) is 4.98 Å². The number of nitrogens with zero attached hydrogens (tertiary/aromatic N) is 1. The minimum Gasteiger partial charge on any atom is -0.490 e. The summed E-state index contributed by atoms with van der Waals surface area (Å²) < 4.78 is 6.21. The average molecular weight is 312 g/mol. The molecule has 3 nitrogen and oxygen atoms in total. The number of ether oxygens (including phenoxy) is 1. The number of hydrogen-bond acceptors (Lipinski definition) is 3. The van der Waals surface area contributed by atoms with Crippen LogP contribution in [-0.2, 0) is 0 Å². The topological polar surface area (TPSA) is 34.1 Å². The second-order valence-corrected chi connectivity index (χ2v) is 7.20. The zero-order valence-corrected chi connectivity index (χ0v) is 14.3. The summed E-state index contributed by atoms with van der Waals surface area (Å²) in [5, 5.41) is 5.96. The first-order chi connectivity index (χ1) is 11.2. The van der Waals surface area contributed by atoms with Gasteiger partial charge in [-0.2, -0.15) is 0 Å². The second kappa shape index (κ2) is 7.78. The van der Waals surface area contributed by atoms with Gasteiger partial charge in [0.2, 0.25) is 0 Å². The Hall–Kier alpha value is -1.61. The maximum atomic E-state index is 6.21. The minimum absolute atomic E-state index is 0.371. The van der Waals surface area contributed by atoms with Crippen molar-refractivity contribution >= 4 is 10.8 Å². The van der Waals surface area contributed by atoms with E-state index < -0.39 is 0 Å². The van der Waals surface area contributed by atoms with Crippen LogP contribution in [0.4, 0.5) is 0 Å². The van der Waals surface area contributed by atoms with Crippen LogP contribution in [0.25, 0.3) is 10.8 Å². The summed E-state index contributed by atoms with van der Waals surface area (Å²) in [6.07, 6.45) is 8.98. The van der Waals surface area contributed by atoms with Crippen LogP contribution in [0.2, 0.25) is 0 Å². The molecule has 0 amide bonds. The molecule has 3 rings (SSSR count). The van der Waals surface area contributed by atoms with Gasteiger partial charge in [-0.25, -0.2) is 0 Å². The van der Waals surface area contributed by atoms with E-state index in [2.05, 4.69) is 42.3 Å². The van der Waals surface area contributed by atoms with Crippen molar-refractivity contribution < 1.29 is 4.74 Å². The highest BCUT2D eigenvalue weighted by molar-refractivity contribution is 5.82. The molecule has 2 aromatic rings. The van der Waals surface area contributed by atoms with Gasteiger partial charge in [0, 0.05) is 17.8 Å². The summed E-state index contributed by atoms with van der Waals surface area (Å²) in [4.78, 5) is 4.16. The lowest BCUT2D eigenvalue weighted by atomic mass is 9.87. The van der Waals surface area contributed by atoms with E-state index in [0.29, 0.717) is 6.10 Å². The fourth-order valence-corrected chi connectivity index (χ4v) is 3.36. The highest BCUT2D eigenvalue weighted by Gasteiger charge is 2.22. The van der Waals surface area contributed by atoms with Gasteiger partial charge < -0.3 is 10.1 Å². The number of nitrogens with one attached hydrogen (secondary N) is 1. The highest BCUT2D eigenvalue weighted by Crippen LogP contribution is 2.28. The molecular formula is C20H28N2O. The van der Waals surface area contributed by atoms with Gasteiger partial charge in [-0.05, 0) is 80.3 Å². The van der Waals surface area contributed by atoms with E-state index in [1.165, 1.54) is 36.5 Å². The van der Waals surface area contributed by atoms with E-state index in [0.717, 1.165) is 30.7 Å². The molecule has 0 spiro atoms. The third-order valence-electron chi connectivity index (χ3n) is 4.69. The molecule has 0 bridgehead atoms. The Balaban J connectivity index is 1.48. The zero-order valence-electron chi connectivity index (χ0n) is 14.3. The van der Waals surface area contributed by atoms with Gasteiger partial charge in [-0.1, -0.05) is 13.8 Å². The number of pyridine rings is 1. The Morgan fingerprint density at radius 3 is 2.74 bits per heavy atom. The molecule has 0 saturated heterocycles. The summed E-state index contributed by atoms with van der Waals surface area (Å²) in [6, 6.07) is 8.34. The van der Waals surface area contributed by atoms with Gasteiger partial charge in [0.05, 0.1) is 6.10 Å². The molecule has 1 aromatic heterocycles. The van der Waals surface area contributed by atoms with Crippen LogP contribution >= 0.6 is 0 Å². The fraction of sp³-hybridized carbons (Fsp3) is 0.550. The maximum Gasteiger partial charge on any atom is 0.120 e. The summed E-state index contributed by atoms with van der Waals surface area (Å²) >= 11 is 0. The van der Waals surface area contributed by atoms with Gasteiger partial charge in [0.15, 0.2) is 0 Å². The van der Waals surface area contributed by atoms with Crippen molar-refractivity contribution in [2.75, 3.05) is 13.1 Å². The molecule has 0 radical (unpaired) electrons. The first-order valence-electron chi connectivity index (χ1n) is 8.92. The Morgan fingerprint density at radius 1 is 1.13 bits per heavy atom. The molecule has 0 atom stereocenters. The number of aromatic nitrogens is 1. The van der Waals surface area contributed by atoms with Crippen LogP contribution in [0.1, 0.15) is 39.5 Å². The SMILES string of the molecule is CC(C)CNCC1CCC(Oc2ccc3cnccc3c2)CC1. The van der Waals surface area contributed by atoms with Gasteiger partial charge >= 0.3 is 0 Å². The summed E-state index contributed by atoms with van der Waals surface area (Å²) in [5.74, 6) is 2.54. The largest absolute Gasteiger partial charge is 0.490 e. The van der Waals surface area contributed by atoms with Crippen LogP contribution in [-0.4, -0.2) is 24.2 Å². The second-order valence-electron chi connectivity index (χ2n) is 7.20. The van der Waals surface area contributed by atoms with E-state index in [4.69, 9.17) is 4.74 Å². The Bertz CT molecular complexity index is 618. The van der Waals surface area contributed by atoms with E-state index >= 15 is 0 Å². The quantitative estimate of drug-likeness (QED) is 0.857. The standard InChI is InChI=1S/C20H28N2O/c1-15(2)12-22-13-16-3-6-19(7-4-16)23-20-8-5-18-14-21-10-9-17(18)11-20/h5,8-11,14-16,19,22H,3-4,6-7,12-13H2,1-2H3. The number of benzene rings is 1. The first-order valence-corrected chi connectivity index (χ1v) is 8.92. The molecule has 1 aliphatic rings. The summed E-state index contributed by atoms with van der Waals surface area (Å²) in [5.41, 5.74) is 0. The fourth-order valence-electron chi connectivity index (χ4n) is 3.36. The Morgan fingerprint density at radius 2 is 1.96 bits per heavy atom. The van der Waals surface area contributed by atoms with Crippen LogP contribution < -0.4 is 10.1 Å².